The van der Waals surface area contributed by atoms with Gasteiger partial charge in [0.05, 0.1) is 17.5 Å². The SMILES string of the molecule is CSc1ccc(C(CC(=O)O)NC(=O)c2csc(C(C)C)n2)cc1. The molecule has 128 valence electrons. The lowest BCUT2D eigenvalue weighted by atomic mass is 10.0. The molecule has 0 aliphatic heterocycles. The van der Waals surface area contributed by atoms with Crippen LogP contribution in [-0.2, 0) is 4.79 Å². The van der Waals surface area contributed by atoms with Crippen molar-refractivity contribution in [2.75, 3.05) is 6.26 Å². The van der Waals surface area contributed by atoms with E-state index in [2.05, 4.69) is 10.3 Å². The van der Waals surface area contributed by atoms with E-state index in [1.165, 1.54) is 11.3 Å². The fourth-order valence-corrected chi connectivity index (χ4v) is 3.38. The second kappa shape index (κ2) is 8.30. The molecule has 1 aromatic heterocycles. The summed E-state index contributed by atoms with van der Waals surface area (Å²) >= 11 is 3.04. The number of nitrogens with zero attached hydrogens (tertiary/aromatic N) is 1. The second-order valence-electron chi connectivity index (χ2n) is 5.62. The lowest BCUT2D eigenvalue weighted by Gasteiger charge is -2.17. The number of rotatable bonds is 7. The van der Waals surface area contributed by atoms with Gasteiger partial charge in [-0.15, -0.1) is 23.1 Å². The number of thiazole rings is 1. The summed E-state index contributed by atoms with van der Waals surface area (Å²) in [6, 6.07) is 6.94. The smallest absolute Gasteiger partial charge is 0.305 e. The van der Waals surface area contributed by atoms with Crippen molar-refractivity contribution >= 4 is 35.0 Å². The first-order valence-corrected chi connectivity index (χ1v) is 9.63. The number of thioether (sulfide) groups is 1. The number of carboxylic acid groups (broad SMARTS) is 1. The molecule has 0 bridgehead atoms. The molecule has 0 spiro atoms. The summed E-state index contributed by atoms with van der Waals surface area (Å²) in [6.07, 6.45) is 1.80. The number of benzene rings is 1. The molecular weight excluding hydrogens is 344 g/mol. The fourth-order valence-electron chi connectivity index (χ4n) is 2.15. The number of carbonyl (C=O) groups is 2. The highest BCUT2D eigenvalue weighted by Crippen LogP contribution is 2.23. The van der Waals surface area contributed by atoms with Gasteiger partial charge in [-0.25, -0.2) is 4.98 Å². The number of carboxylic acids is 1. The number of carbonyl (C=O) groups excluding carboxylic acids is 1. The molecule has 2 N–H and O–H groups in total. The Kier molecular flexibility index (Phi) is 6.39. The average molecular weight is 364 g/mol. The Hall–Kier alpha value is -1.86. The van der Waals surface area contributed by atoms with E-state index >= 15 is 0 Å². The number of amides is 1. The van der Waals surface area contributed by atoms with E-state index in [0.29, 0.717) is 5.69 Å². The zero-order valence-corrected chi connectivity index (χ0v) is 15.4. The van der Waals surface area contributed by atoms with Gasteiger partial charge in [0.2, 0.25) is 0 Å². The van der Waals surface area contributed by atoms with Gasteiger partial charge in [-0.2, -0.15) is 0 Å². The topological polar surface area (TPSA) is 79.3 Å². The number of aliphatic carboxylic acids is 1. The summed E-state index contributed by atoms with van der Waals surface area (Å²) in [5.41, 5.74) is 1.10. The molecular formula is C17H20N2O3S2. The molecule has 1 amide bonds. The summed E-state index contributed by atoms with van der Waals surface area (Å²) < 4.78 is 0. The Balaban J connectivity index is 2.17. The molecule has 1 aromatic carbocycles. The van der Waals surface area contributed by atoms with Crippen LogP contribution in [0.3, 0.4) is 0 Å². The van der Waals surface area contributed by atoms with E-state index in [0.717, 1.165) is 15.5 Å². The van der Waals surface area contributed by atoms with Gasteiger partial charge in [0.15, 0.2) is 0 Å². The maximum atomic E-state index is 12.4. The van der Waals surface area contributed by atoms with Crippen LogP contribution in [0.25, 0.3) is 0 Å². The second-order valence-corrected chi connectivity index (χ2v) is 7.39. The van der Waals surface area contributed by atoms with Crippen molar-refractivity contribution < 1.29 is 14.7 Å². The highest BCUT2D eigenvalue weighted by molar-refractivity contribution is 7.98. The quantitative estimate of drug-likeness (QED) is 0.728. The molecule has 1 atom stereocenters. The summed E-state index contributed by atoms with van der Waals surface area (Å²) in [5, 5.41) is 14.5. The van der Waals surface area contributed by atoms with Crippen molar-refractivity contribution in [3.63, 3.8) is 0 Å². The molecule has 1 heterocycles. The molecule has 5 nitrogen and oxygen atoms in total. The summed E-state index contributed by atoms with van der Waals surface area (Å²) in [5.74, 6) is -1.06. The molecule has 7 heteroatoms. The van der Waals surface area contributed by atoms with Gasteiger partial charge in [-0.05, 0) is 24.0 Å². The van der Waals surface area contributed by atoms with Crippen molar-refractivity contribution in [2.24, 2.45) is 0 Å². The minimum atomic E-state index is -0.963. The van der Waals surface area contributed by atoms with Crippen molar-refractivity contribution in [1.82, 2.24) is 10.3 Å². The molecule has 0 fully saturated rings. The first-order chi connectivity index (χ1) is 11.4. The maximum absolute atomic E-state index is 12.4. The van der Waals surface area contributed by atoms with Gasteiger partial charge in [0.1, 0.15) is 5.69 Å². The van der Waals surface area contributed by atoms with Crippen LogP contribution in [0.2, 0.25) is 0 Å². The number of hydrogen-bond donors (Lipinski definition) is 2. The van der Waals surface area contributed by atoms with Gasteiger partial charge >= 0.3 is 5.97 Å². The largest absolute Gasteiger partial charge is 0.481 e. The predicted octanol–water partition coefficient (Wildman–Crippen LogP) is 3.93. The molecule has 1 unspecified atom stereocenters. The van der Waals surface area contributed by atoms with Crippen molar-refractivity contribution in [3.05, 3.63) is 45.9 Å². The van der Waals surface area contributed by atoms with Crippen LogP contribution in [0.15, 0.2) is 34.5 Å². The van der Waals surface area contributed by atoms with Gasteiger partial charge in [-0.1, -0.05) is 26.0 Å². The maximum Gasteiger partial charge on any atom is 0.305 e. The third kappa shape index (κ3) is 4.82. The van der Waals surface area contributed by atoms with Gasteiger partial charge < -0.3 is 10.4 Å². The Morgan fingerprint density at radius 2 is 1.96 bits per heavy atom. The first kappa shape index (κ1) is 18.5. The van der Waals surface area contributed by atoms with Crippen LogP contribution < -0.4 is 5.32 Å². The van der Waals surface area contributed by atoms with Gasteiger partial charge in [-0.3, -0.25) is 9.59 Å². The fraction of sp³-hybridized carbons (Fsp3) is 0.353. The van der Waals surface area contributed by atoms with Crippen LogP contribution in [0.5, 0.6) is 0 Å². The predicted molar refractivity (Wildman–Crippen MR) is 96.9 cm³/mol. The molecule has 0 aliphatic carbocycles. The average Bonchev–Trinajstić information content (AvgIpc) is 3.04. The van der Waals surface area contributed by atoms with Gasteiger partial charge in [0.25, 0.3) is 5.91 Å². The van der Waals surface area contributed by atoms with Crippen molar-refractivity contribution in [2.45, 2.75) is 37.1 Å². The van der Waals surface area contributed by atoms with E-state index in [9.17, 15) is 9.59 Å². The van der Waals surface area contributed by atoms with E-state index in [1.807, 2.05) is 44.4 Å². The van der Waals surface area contributed by atoms with E-state index in [-0.39, 0.29) is 18.2 Å². The minimum absolute atomic E-state index is 0.175. The molecule has 2 rings (SSSR count). The molecule has 0 aliphatic rings. The Labute approximate surface area is 149 Å². The molecule has 0 saturated carbocycles. The monoisotopic (exact) mass is 364 g/mol. The molecule has 0 saturated heterocycles. The van der Waals surface area contributed by atoms with Crippen LogP contribution in [-0.4, -0.2) is 28.2 Å². The minimum Gasteiger partial charge on any atom is -0.481 e. The zero-order valence-electron chi connectivity index (χ0n) is 13.8. The standard InChI is InChI=1S/C17H20N2O3S2/c1-10(2)17-19-14(9-24-17)16(22)18-13(8-15(20)21)11-4-6-12(23-3)7-5-11/h4-7,9-10,13H,8H2,1-3H3,(H,18,22)(H,20,21). The van der Waals surface area contributed by atoms with Crippen LogP contribution >= 0.6 is 23.1 Å². The molecule has 24 heavy (non-hydrogen) atoms. The third-order valence-electron chi connectivity index (χ3n) is 3.45. The normalized spacial score (nSPS) is 12.2. The zero-order chi connectivity index (χ0) is 17.7. The first-order valence-electron chi connectivity index (χ1n) is 7.52. The summed E-state index contributed by atoms with van der Waals surface area (Å²) in [7, 11) is 0. The van der Waals surface area contributed by atoms with Crippen LogP contribution in [0.1, 0.15) is 53.3 Å². The molecule has 2 aromatic rings. The lowest BCUT2D eigenvalue weighted by molar-refractivity contribution is -0.137. The number of hydrogen-bond acceptors (Lipinski definition) is 5. The highest BCUT2D eigenvalue weighted by atomic mass is 32.2. The van der Waals surface area contributed by atoms with E-state index in [1.54, 1.807) is 17.1 Å². The highest BCUT2D eigenvalue weighted by Gasteiger charge is 2.21. The summed E-state index contributed by atoms with van der Waals surface area (Å²) in [6.45, 7) is 4.03. The van der Waals surface area contributed by atoms with E-state index in [4.69, 9.17) is 5.11 Å². The Morgan fingerprint density at radius 3 is 2.46 bits per heavy atom. The van der Waals surface area contributed by atoms with Crippen LogP contribution in [0, 0.1) is 0 Å². The van der Waals surface area contributed by atoms with Gasteiger partial charge in [0, 0.05) is 16.2 Å². The number of aromatic nitrogens is 1. The van der Waals surface area contributed by atoms with Crippen LogP contribution in [0.4, 0.5) is 0 Å². The number of nitrogens with one attached hydrogen (secondary N) is 1. The Morgan fingerprint density at radius 1 is 1.29 bits per heavy atom. The lowest BCUT2D eigenvalue weighted by Crippen LogP contribution is -2.30. The third-order valence-corrected chi connectivity index (χ3v) is 5.34. The molecule has 0 radical (unpaired) electrons. The van der Waals surface area contributed by atoms with Crippen molar-refractivity contribution in [3.8, 4) is 0 Å². The van der Waals surface area contributed by atoms with Crippen molar-refractivity contribution in [1.29, 1.82) is 0 Å². The Bertz CT molecular complexity index is 711. The van der Waals surface area contributed by atoms with E-state index < -0.39 is 12.0 Å². The summed E-state index contributed by atoms with van der Waals surface area (Å²) in [4.78, 5) is 29.0.